The van der Waals surface area contributed by atoms with Crippen molar-refractivity contribution in [3.8, 4) is 34.2 Å². The van der Waals surface area contributed by atoms with Crippen molar-refractivity contribution in [1.82, 2.24) is 29.6 Å². The summed E-state index contributed by atoms with van der Waals surface area (Å²) in [6, 6.07) is 14.0. The Kier molecular flexibility index (Phi) is 6.55. The Morgan fingerprint density at radius 2 is 1.85 bits per heavy atom. The maximum atomic E-state index is 14.8. The Bertz CT molecular complexity index is 1730. The molecule has 0 spiro atoms. The molecule has 0 atom stereocenters. The van der Waals surface area contributed by atoms with Crippen molar-refractivity contribution in [1.29, 1.82) is 0 Å². The van der Waals surface area contributed by atoms with Crippen LogP contribution in [0.5, 0.6) is 0 Å². The van der Waals surface area contributed by atoms with Crippen molar-refractivity contribution in [2.45, 2.75) is 12.8 Å². The predicted molar refractivity (Wildman–Crippen MR) is 147 cm³/mol. The first-order valence-corrected chi connectivity index (χ1v) is 12.8. The second-order valence-corrected chi connectivity index (χ2v) is 9.60. The number of hydrogen-bond acceptors (Lipinski definition) is 5. The molecule has 192 valence electrons. The Hall–Kier alpha value is -4.90. The van der Waals surface area contributed by atoms with Crippen LogP contribution in [0.4, 0.5) is 4.39 Å². The second-order valence-electron chi connectivity index (χ2n) is 9.60. The van der Waals surface area contributed by atoms with E-state index in [9.17, 15) is 9.18 Å². The summed E-state index contributed by atoms with van der Waals surface area (Å²) in [4.78, 5) is 28.2. The number of likely N-dealkylation sites (tertiary alicyclic amines) is 1. The van der Waals surface area contributed by atoms with Gasteiger partial charge in [-0.05, 0) is 66.8 Å². The molecule has 6 rings (SSSR count). The second kappa shape index (κ2) is 10.5. The lowest BCUT2D eigenvalue weighted by Crippen LogP contribution is -2.38. The zero-order chi connectivity index (χ0) is 26.8. The summed E-state index contributed by atoms with van der Waals surface area (Å²) in [6.07, 6.45) is 10.2. The molecule has 5 heterocycles. The van der Waals surface area contributed by atoms with Gasteiger partial charge in [0.25, 0.3) is 5.91 Å². The fraction of sp³-hybridized carbons (Fsp3) is 0.194. The molecular weight excluding hydrogens is 491 g/mol. The van der Waals surface area contributed by atoms with Crippen LogP contribution in [-0.2, 0) is 7.05 Å². The minimum Gasteiger partial charge on any atom is -0.339 e. The molecule has 39 heavy (non-hydrogen) atoms. The predicted octanol–water partition coefficient (Wildman–Crippen LogP) is 5.14. The number of rotatable bonds is 3. The summed E-state index contributed by atoms with van der Waals surface area (Å²) in [5.74, 6) is 6.23. The van der Waals surface area contributed by atoms with Gasteiger partial charge in [0.15, 0.2) is 0 Å². The normalized spacial score (nSPS) is 13.7. The highest BCUT2D eigenvalue weighted by Gasteiger charge is 2.23. The Labute approximate surface area is 225 Å². The van der Waals surface area contributed by atoms with Gasteiger partial charge in [0, 0.05) is 72.9 Å². The Morgan fingerprint density at radius 3 is 2.59 bits per heavy atom. The van der Waals surface area contributed by atoms with Gasteiger partial charge in [-0.2, -0.15) is 5.10 Å². The molecule has 0 bridgehead atoms. The summed E-state index contributed by atoms with van der Waals surface area (Å²) in [5.41, 5.74) is 4.73. The van der Waals surface area contributed by atoms with E-state index in [2.05, 4.69) is 26.9 Å². The molecule has 0 aliphatic carbocycles. The van der Waals surface area contributed by atoms with Crippen molar-refractivity contribution >= 4 is 16.8 Å². The van der Waals surface area contributed by atoms with Gasteiger partial charge in [-0.25, -0.2) is 9.37 Å². The van der Waals surface area contributed by atoms with Gasteiger partial charge in [-0.3, -0.25) is 19.4 Å². The van der Waals surface area contributed by atoms with Gasteiger partial charge in [0.1, 0.15) is 11.5 Å². The van der Waals surface area contributed by atoms with E-state index in [0.717, 1.165) is 40.6 Å². The van der Waals surface area contributed by atoms with Crippen molar-refractivity contribution in [2.24, 2.45) is 13.0 Å². The highest BCUT2D eigenvalue weighted by Crippen LogP contribution is 2.26. The van der Waals surface area contributed by atoms with Crippen LogP contribution < -0.4 is 0 Å². The van der Waals surface area contributed by atoms with Crippen molar-refractivity contribution in [3.63, 3.8) is 0 Å². The molecule has 5 aromatic rings. The van der Waals surface area contributed by atoms with E-state index in [1.54, 1.807) is 58.6 Å². The van der Waals surface area contributed by atoms with Crippen LogP contribution in [0, 0.1) is 23.6 Å². The van der Waals surface area contributed by atoms with Crippen LogP contribution in [-0.4, -0.2) is 48.6 Å². The van der Waals surface area contributed by atoms with E-state index in [4.69, 9.17) is 4.98 Å². The number of nitrogens with zero attached hydrogens (tertiary/aromatic N) is 6. The standard InChI is InChI=1S/C31H25FN6O/c1-37-20-24(19-35-37)29-18-30-26(3-2-12-34-30)28(36-29)7-4-21-10-15-38(16-11-21)31(39)23-5-6-25(27(32)17-23)22-8-13-33-14-9-22/h2-3,5-6,8-9,12-14,17-21H,10-11,15-16H2,1H3. The molecule has 1 fully saturated rings. The third-order valence-corrected chi connectivity index (χ3v) is 6.98. The van der Waals surface area contributed by atoms with Crippen LogP contribution in [0.2, 0.25) is 0 Å². The number of aromatic nitrogens is 5. The van der Waals surface area contributed by atoms with E-state index in [0.29, 0.717) is 29.9 Å². The Balaban J connectivity index is 1.16. The summed E-state index contributed by atoms with van der Waals surface area (Å²) >= 11 is 0. The summed E-state index contributed by atoms with van der Waals surface area (Å²) in [7, 11) is 1.87. The number of piperidine rings is 1. The minimum absolute atomic E-state index is 0.135. The van der Waals surface area contributed by atoms with Gasteiger partial charge >= 0.3 is 0 Å². The topological polar surface area (TPSA) is 76.8 Å². The van der Waals surface area contributed by atoms with Crippen molar-refractivity contribution < 1.29 is 9.18 Å². The lowest BCUT2D eigenvalue weighted by Gasteiger charge is -2.30. The van der Waals surface area contributed by atoms with Crippen LogP contribution in [0.3, 0.4) is 0 Å². The number of benzene rings is 1. The number of carbonyl (C=O) groups excluding carboxylic acids is 1. The molecule has 1 aliphatic rings. The lowest BCUT2D eigenvalue weighted by atomic mass is 9.96. The van der Waals surface area contributed by atoms with Crippen LogP contribution in [0.25, 0.3) is 33.3 Å². The van der Waals surface area contributed by atoms with Crippen LogP contribution in [0.15, 0.2) is 79.5 Å². The van der Waals surface area contributed by atoms with E-state index >= 15 is 0 Å². The molecule has 7 nitrogen and oxygen atoms in total. The van der Waals surface area contributed by atoms with Crippen molar-refractivity contribution in [2.75, 3.05) is 13.1 Å². The van der Waals surface area contributed by atoms with Crippen molar-refractivity contribution in [3.05, 3.63) is 96.6 Å². The summed E-state index contributed by atoms with van der Waals surface area (Å²) in [6.45, 7) is 1.13. The number of hydrogen-bond donors (Lipinski definition) is 0. The average molecular weight is 517 g/mol. The largest absolute Gasteiger partial charge is 0.339 e. The molecule has 1 aliphatic heterocycles. The monoisotopic (exact) mass is 516 g/mol. The fourth-order valence-corrected chi connectivity index (χ4v) is 4.87. The number of amides is 1. The quantitative estimate of drug-likeness (QED) is 0.311. The molecule has 1 saturated heterocycles. The van der Waals surface area contributed by atoms with E-state index in [1.807, 2.05) is 31.4 Å². The molecule has 4 aromatic heterocycles. The maximum Gasteiger partial charge on any atom is 0.253 e. The summed E-state index contributed by atoms with van der Waals surface area (Å²) < 4.78 is 16.6. The number of aryl methyl sites for hydroxylation is 1. The lowest BCUT2D eigenvalue weighted by molar-refractivity contribution is 0.0707. The molecule has 1 aromatic carbocycles. The molecular formula is C31H25FN6O. The first kappa shape index (κ1) is 24.4. The molecule has 0 unspecified atom stereocenters. The van der Waals surface area contributed by atoms with Gasteiger partial charge in [-0.1, -0.05) is 12.0 Å². The SMILES string of the molecule is Cn1cc(-c2cc3ncccc3c(C#CC3CCN(C(=O)c4ccc(-c5ccncc5)c(F)c4)CC3)n2)cn1. The molecule has 8 heteroatoms. The van der Waals surface area contributed by atoms with E-state index < -0.39 is 5.82 Å². The molecule has 0 saturated carbocycles. The van der Waals surface area contributed by atoms with E-state index in [1.165, 1.54) is 6.07 Å². The third kappa shape index (κ3) is 5.12. The number of pyridine rings is 3. The van der Waals surface area contributed by atoms with Gasteiger partial charge in [0.2, 0.25) is 0 Å². The highest BCUT2D eigenvalue weighted by atomic mass is 19.1. The number of halogens is 1. The van der Waals surface area contributed by atoms with Gasteiger partial charge < -0.3 is 4.90 Å². The van der Waals surface area contributed by atoms with Gasteiger partial charge in [-0.15, -0.1) is 0 Å². The minimum atomic E-state index is -0.421. The van der Waals surface area contributed by atoms with Crippen LogP contribution in [0.1, 0.15) is 28.9 Å². The zero-order valence-electron chi connectivity index (χ0n) is 21.4. The summed E-state index contributed by atoms with van der Waals surface area (Å²) in [5, 5.41) is 5.16. The highest BCUT2D eigenvalue weighted by molar-refractivity contribution is 5.95. The molecule has 0 radical (unpaired) electrons. The Morgan fingerprint density at radius 1 is 1.03 bits per heavy atom. The number of carbonyl (C=O) groups is 1. The maximum absolute atomic E-state index is 14.8. The zero-order valence-corrected chi connectivity index (χ0v) is 21.4. The first-order valence-electron chi connectivity index (χ1n) is 12.8. The molecule has 1 amide bonds. The smallest absolute Gasteiger partial charge is 0.253 e. The fourth-order valence-electron chi connectivity index (χ4n) is 4.87. The van der Waals surface area contributed by atoms with Crippen LogP contribution >= 0.6 is 0 Å². The first-order chi connectivity index (χ1) is 19.0. The van der Waals surface area contributed by atoms with E-state index in [-0.39, 0.29) is 11.8 Å². The molecule has 0 N–H and O–H groups in total. The number of fused-ring (bicyclic) bond motifs is 1. The third-order valence-electron chi connectivity index (χ3n) is 6.98. The average Bonchev–Trinajstić information content (AvgIpc) is 3.42. The van der Waals surface area contributed by atoms with Gasteiger partial charge in [0.05, 0.1) is 17.4 Å².